The molecule has 0 radical (unpaired) electrons. The van der Waals surface area contributed by atoms with Gasteiger partial charge in [0.2, 0.25) is 5.88 Å². The van der Waals surface area contributed by atoms with Gasteiger partial charge < -0.3 is 15.2 Å². The number of benzene rings is 1. The molecule has 1 amide bonds. The first kappa shape index (κ1) is 19.3. The van der Waals surface area contributed by atoms with Crippen molar-refractivity contribution in [2.45, 2.75) is 76.3 Å². The van der Waals surface area contributed by atoms with E-state index < -0.39 is 0 Å². The molecule has 28 heavy (non-hydrogen) atoms. The van der Waals surface area contributed by atoms with Crippen LogP contribution in [0.2, 0.25) is 5.02 Å². The summed E-state index contributed by atoms with van der Waals surface area (Å²) in [6.45, 7) is 0. The first-order valence-corrected chi connectivity index (χ1v) is 10.9. The van der Waals surface area contributed by atoms with Crippen molar-refractivity contribution in [2.24, 2.45) is 0 Å². The second-order valence-electron chi connectivity index (χ2n) is 8.03. The molecule has 5 nitrogen and oxygen atoms in total. The normalized spacial score (nSPS) is 18.8. The smallest absolute Gasteiger partial charge is 0.274 e. The van der Waals surface area contributed by atoms with Crippen molar-refractivity contribution in [1.82, 2.24) is 10.5 Å². The maximum absolute atomic E-state index is 13.0. The average Bonchev–Trinajstić information content (AvgIpc) is 3.14. The van der Waals surface area contributed by atoms with Gasteiger partial charge in [-0.1, -0.05) is 67.4 Å². The summed E-state index contributed by atoms with van der Waals surface area (Å²) < 4.78 is 5.64. The van der Waals surface area contributed by atoms with Crippen LogP contribution >= 0.6 is 11.6 Å². The molecule has 1 aromatic heterocycles. The van der Waals surface area contributed by atoms with Crippen molar-refractivity contribution in [2.75, 3.05) is 5.32 Å². The standard InChI is InChI=1S/C22H28ClN3O2/c23-16-13-11-15(12-14-16)19-20(21(27)24-17-7-3-1-4-8-17)26-28-22(19)25-18-9-5-2-6-10-18/h11-14,17-18,25H,1-10H2,(H,24,27). The molecule has 0 aliphatic heterocycles. The average molecular weight is 402 g/mol. The highest BCUT2D eigenvalue weighted by Gasteiger charge is 2.27. The van der Waals surface area contributed by atoms with Gasteiger partial charge in [-0.15, -0.1) is 0 Å². The summed E-state index contributed by atoms with van der Waals surface area (Å²) in [6, 6.07) is 8.08. The number of nitrogens with one attached hydrogen (secondary N) is 2. The van der Waals surface area contributed by atoms with E-state index in [9.17, 15) is 4.79 Å². The van der Waals surface area contributed by atoms with Crippen molar-refractivity contribution in [3.05, 3.63) is 35.0 Å². The summed E-state index contributed by atoms with van der Waals surface area (Å²) in [7, 11) is 0. The van der Waals surface area contributed by atoms with Crippen LogP contribution in [0.4, 0.5) is 5.88 Å². The minimum absolute atomic E-state index is 0.155. The Morgan fingerprint density at radius 3 is 2.18 bits per heavy atom. The van der Waals surface area contributed by atoms with E-state index in [0.29, 0.717) is 22.6 Å². The number of nitrogens with zero attached hydrogens (tertiary/aromatic N) is 1. The molecule has 2 aliphatic rings. The van der Waals surface area contributed by atoms with Gasteiger partial charge in [-0.05, 0) is 43.4 Å². The van der Waals surface area contributed by atoms with Crippen LogP contribution in [-0.2, 0) is 0 Å². The molecule has 150 valence electrons. The van der Waals surface area contributed by atoms with E-state index in [-0.39, 0.29) is 11.9 Å². The Morgan fingerprint density at radius 1 is 0.929 bits per heavy atom. The van der Waals surface area contributed by atoms with Crippen LogP contribution in [0, 0.1) is 0 Å². The van der Waals surface area contributed by atoms with Crippen molar-refractivity contribution < 1.29 is 9.32 Å². The molecule has 6 heteroatoms. The summed E-state index contributed by atoms with van der Waals surface area (Å²) >= 11 is 6.07. The van der Waals surface area contributed by atoms with Gasteiger partial charge in [-0.2, -0.15) is 0 Å². The molecule has 0 bridgehead atoms. The van der Waals surface area contributed by atoms with Gasteiger partial charge >= 0.3 is 0 Å². The Labute approximate surface area is 171 Å². The topological polar surface area (TPSA) is 67.2 Å². The minimum Gasteiger partial charge on any atom is -0.351 e. The summed E-state index contributed by atoms with van der Waals surface area (Å²) in [5.74, 6) is 0.431. The molecule has 0 unspecified atom stereocenters. The van der Waals surface area contributed by atoms with Crippen molar-refractivity contribution >= 4 is 23.4 Å². The van der Waals surface area contributed by atoms with Gasteiger partial charge in [0, 0.05) is 17.1 Å². The zero-order chi connectivity index (χ0) is 19.3. The van der Waals surface area contributed by atoms with E-state index in [0.717, 1.165) is 36.8 Å². The predicted molar refractivity (Wildman–Crippen MR) is 112 cm³/mol. The number of rotatable bonds is 5. The summed E-state index contributed by atoms with van der Waals surface area (Å²) in [6.07, 6.45) is 11.6. The molecule has 2 fully saturated rings. The number of carbonyl (C=O) groups is 1. The molecular formula is C22H28ClN3O2. The van der Waals surface area contributed by atoms with Crippen LogP contribution in [-0.4, -0.2) is 23.1 Å². The van der Waals surface area contributed by atoms with Crippen LogP contribution in [0.25, 0.3) is 11.1 Å². The Bertz CT molecular complexity index is 791. The summed E-state index contributed by atoms with van der Waals surface area (Å²) in [5.41, 5.74) is 1.97. The Balaban J connectivity index is 1.61. The number of amides is 1. The van der Waals surface area contributed by atoms with E-state index in [1.54, 1.807) is 0 Å². The number of halogens is 1. The molecular weight excluding hydrogens is 374 g/mol. The lowest BCUT2D eigenvalue weighted by atomic mass is 9.94. The van der Waals surface area contributed by atoms with Crippen molar-refractivity contribution in [3.63, 3.8) is 0 Å². The Hall–Kier alpha value is -2.01. The van der Waals surface area contributed by atoms with E-state index >= 15 is 0 Å². The highest BCUT2D eigenvalue weighted by atomic mass is 35.5. The molecule has 2 aromatic rings. The highest BCUT2D eigenvalue weighted by molar-refractivity contribution is 6.30. The van der Waals surface area contributed by atoms with Crippen molar-refractivity contribution in [3.8, 4) is 11.1 Å². The fraction of sp³-hybridized carbons (Fsp3) is 0.545. The molecule has 1 aromatic carbocycles. The van der Waals surface area contributed by atoms with Crippen LogP contribution in [0.3, 0.4) is 0 Å². The SMILES string of the molecule is O=C(NC1CCCCC1)c1noc(NC2CCCCC2)c1-c1ccc(Cl)cc1. The second kappa shape index (κ2) is 8.99. The van der Waals surface area contributed by atoms with E-state index in [2.05, 4.69) is 15.8 Å². The molecule has 0 saturated heterocycles. The van der Waals surface area contributed by atoms with Crippen LogP contribution in [0.5, 0.6) is 0 Å². The lowest BCUT2D eigenvalue weighted by Gasteiger charge is -2.23. The highest BCUT2D eigenvalue weighted by Crippen LogP contribution is 2.34. The van der Waals surface area contributed by atoms with Gasteiger partial charge in [0.1, 0.15) is 0 Å². The maximum atomic E-state index is 13.0. The molecule has 2 saturated carbocycles. The quantitative estimate of drug-likeness (QED) is 0.664. The van der Waals surface area contributed by atoms with Gasteiger partial charge in [0.05, 0.1) is 5.56 Å². The molecule has 1 heterocycles. The molecule has 2 aliphatic carbocycles. The first-order valence-electron chi connectivity index (χ1n) is 10.5. The fourth-order valence-electron chi connectivity index (χ4n) is 4.36. The lowest BCUT2D eigenvalue weighted by Crippen LogP contribution is -2.36. The second-order valence-corrected chi connectivity index (χ2v) is 8.47. The third-order valence-corrected chi connectivity index (χ3v) is 6.17. The Morgan fingerprint density at radius 2 is 1.54 bits per heavy atom. The zero-order valence-corrected chi connectivity index (χ0v) is 16.9. The van der Waals surface area contributed by atoms with Crippen molar-refractivity contribution in [1.29, 1.82) is 0 Å². The van der Waals surface area contributed by atoms with Gasteiger partial charge in [-0.3, -0.25) is 4.79 Å². The fourth-order valence-corrected chi connectivity index (χ4v) is 4.49. The predicted octanol–water partition coefficient (Wildman–Crippen LogP) is 5.80. The third-order valence-electron chi connectivity index (χ3n) is 5.92. The molecule has 4 rings (SSSR count). The van der Waals surface area contributed by atoms with E-state index in [4.69, 9.17) is 16.1 Å². The number of aromatic nitrogens is 1. The zero-order valence-electron chi connectivity index (χ0n) is 16.2. The largest absolute Gasteiger partial charge is 0.351 e. The van der Waals surface area contributed by atoms with Crippen LogP contribution in [0.1, 0.15) is 74.7 Å². The maximum Gasteiger partial charge on any atom is 0.274 e. The number of hydrogen-bond acceptors (Lipinski definition) is 4. The Kier molecular flexibility index (Phi) is 6.20. The lowest BCUT2D eigenvalue weighted by molar-refractivity contribution is 0.0919. The molecule has 2 N–H and O–H groups in total. The van der Waals surface area contributed by atoms with Crippen LogP contribution in [0.15, 0.2) is 28.8 Å². The van der Waals surface area contributed by atoms with Gasteiger partial charge in [-0.25, -0.2) is 0 Å². The number of carbonyl (C=O) groups excluding carboxylic acids is 1. The van der Waals surface area contributed by atoms with E-state index in [1.807, 2.05) is 24.3 Å². The third kappa shape index (κ3) is 4.52. The summed E-state index contributed by atoms with van der Waals surface area (Å²) in [4.78, 5) is 13.0. The monoisotopic (exact) mass is 401 g/mol. The van der Waals surface area contributed by atoms with Gasteiger partial charge in [0.25, 0.3) is 5.91 Å². The number of hydrogen-bond donors (Lipinski definition) is 2. The first-order chi connectivity index (χ1) is 13.7. The van der Waals surface area contributed by atoms with Gasteiger partial charge in [0.15, 0.2) is 5.69 Å². The summed E-state index contributed by atoms with van der Waals surface area (Å²) in [5, 5.41) is 11.5. The molecule has 0 spiro atoms. The minimum atomic E-state index is -0.155. The number of anilines is 1. The molecule has 0 atom stereocenters. The van der Waals surface area contributed by atoms with E-state index in [1.165, 1.54) is 38.5 Å². The van der Waals surface area contributed by atoms with Crippen LogP contribution < -0.4 is 10.6 Å².